The Morgan fingerprint density at radius 3 is 3.00 bits per heavy atom. The summed E-state index contributed by atoms with van der Waals surface area (Å²) in [4.78, 5) is 9.57. The molecule has 0 spiro atoms. The zero-order valence-electron chi connectivity index (χ0n) is 13.0. The summed E-state index contributed by atoms with van der Waals surface area (Å²) in [7, 11) is 0. The van der Waals surface area contributed by atoms with Crippen LogP contribution in [0.15, 0.2) is 18.2 Å². The Morgan fingerprint density at radius 1 is 1.43 bits per heavy atom. The number of aromatic nitrogens is 1. The summed E-state index contributed by atoms with van der Waals surface area (Å²) in [6.07, 6.45) is 1.17. The molecule has 2 heterocycles. The van der Waals surface area contributed by atoms with E-state index in [1.165, 1.54) is 6.42 Å². The molecule has 0 unspecified atom stereocenters. The molecule has 0 N–H and O–H groups in total. The summed E-state index contributed by atoms with van der Waals surface area (Å²) in [5.74, 6) is 2.80. The van der Waals surface area contributed by atoms with Gasteiger partial charge in [0.15, 0.2) is 0 Å². The molecule has 0 aliphatic carbocycles. The lowest BCUT2D eigenvalue weighted by atomic mass is 10.2. The van der Waals surface area contributed by atoms with Crippen LogP contribution in [-0.2, 0) is 0 Å². The van der Waals surface area contributed by atoms with E-state index < -0.39 is 0 Å². The van der Waals surface area contributed by atoms with Crippen LogP contribution in [0.2, 0.25) is 0 Å². The van der Waals surface area contributed by atoms with Crippen LogP contribution in [0.3, 0.4) is 0 Å². The molecular weight excluding hydrogens is 280 g/mol. The maximum Gasteiger partial charge on any atom is 0.128 e. The van der Waals surface area contributed by atoms with Gasteiger partial charge in [0.05, 0.1) is 11.8 Å². The topological polar surface area (TPSA) is 43.2 Å². The van der Waals surface area contributed by atoms with Crippen LogP contribution >= 0.6 is 11.8 Å². The highest BCUT2D eigenvalue weighted by Crippen LogP contribution is 2.17. The van der Waals surface area contributed by atoms with Gasteiger partial charge in [0, 0.05) is 31.4 Å². The summed E-state index contributed by atoms with van der Waals surface area (Å²) in [6.45, 7) is 8.66. The number of nitriles is 1. The van der Waals surface area contributed by atoms with E-state index in [2.05, 4.69) is 39.9 Å². The minimum absolute atomic E-state index is 0.557. The Morgan fingerprint density at radius 2 is 2.29 bits per heavy atom. The molecule has 1 atom stereocenters. The Balaban J connectivity index is 1.78. The molecule has 1 aliphatic heterocycles. The Bertz CT molecular complexity index is 485. The fourth-order valence-electron chi connectivity index (χ4n) is 2.73. The van der Waals surface area contributed by atoms with Crippen molar-refractivity contribution in [2.45, 2.75) is 26.3 Å². The molecule has 0 aromatic carbocycles. The average Bonchev–Trinajstić information content (AvgIpc) is 2.48. The highest BCUT2D eigenvalue weighted by Gasteiger charge is 2.23. The summed E-state index contributed by atoms with van der Waals surface area (Å²) < 4.78 is 0. The first-order valence-electron chi connectivity index (χ1n) is 7.58. The van der Waals surface area contributed by atoms with Gasteiger partial charge in [0.25, 0.3) is 0 Å². The molecule has 1 fully saturated rings. The third-order valence-electron chi connectivity index (χ3n) is 3.86. The molecular formula is C16H24N4S. The van der Waals surface area contributed by atoms with Gasteiger partial charge >= 0.3 is 0 Å². The van der Waals surface area contributed by atoms with Crippen molar-refractivity contribution in [3.05, 3.63) is 23.9 Å². The molecule has 0 bridgehead atoms. The van der Waals surface area contributed by atoms with Gasteiger partial charge in [-0.2, -0.15) is 5.26 Å². The molecule has 0 radical (unpaired) electrons. The van der Waals surface area contributed by atoms with Crippen LogP contribution in [0.1, 0.15) is 19.0 Å². The number of hydrogen-bond acceptors (Lipinski definition) is 5. The van der Waals surface area contributed by atoms with Crippen molar-refractivity contribution in [1.29, 1.82) is 5.26 Å². The zero-order chi connectivity index (χ0) is 15.1. The van der Waals surface area contributed by atoms with Gasteiger partial charge in [-0.15, -0.1) is 11.8 Å². The van der Waals surface area contributed by atoms with Crippen LogP contribution in [0.25, 0.3) is 0 Å². The summed E-state index contributed by atoms with van der Waals surface area (Å²) in [5, 5.41) is 8.52. The molecule has 114 valence electrons. The highest BCUT2D eigenvalue weighted by atomic mass is 32.2. The summed E-state index contributed by atoms with van der Waals surface area (Å²) >= 11 is 1.73. The fourth-order valence-corrected chi connectivity index (χ4v) is 3.30. The lowest BCUT2D eigenvalue weighted by molar-refractivity contribution is 0.190. The standard InChI is InChI=1S/C16H24N4S/c1-14-5-3-6-16(18-14)20-10-9-19(15(2)13-20)8-4-11-21-12-7-17/h3,5-6,15H,4,8-13H2,1-2H3/t15-/m0/s1. The van der Waals surface area contributed by atoms with E-state index in [9.17, 15) is 0 Å². The Labute approximate surface area is 132 Å². The fraction of sp³-hybridized carbons (Fsp3) is 0.625. The molecule has 5 heteroatoms. The van der Waals surface area contributed by atoms with Gasteiger partial charge in [-0.3, -0.25) is 4.90 Å². The predicted molar refractivity (Wildman–Crippen MR) is 89.8 cm³/mol. The van der Waals surface area contributed by atoms with Gasteiger partial charge in [-0.1, -0.05) is 6.07 Å². The molecule has 1 saturated heterocycles. The molecule has 1 aromatic rings. The van der Waals surface area contributed by atoms with Crippen LogP contribution in [0, 0.1) is 18.3 Å². The van der Waals surface area contributed by atoms with E-state index in [-0.39, 0.29) is 0 Å². The maximum absolute atomic E-state index is 8.52. The Hall–Kier alpha value is -1.25. The second kappa shape index (κ2) is 8.26. The summed E-state index contributed by atoms with van der Waals surface area (Å²) in [6, 6.07) is 8.97. The summed E-state index contributed by atoms with van der Waals surface area (Å²) in [5.41, 5.74) is 1.08. The number of hydrogen-bond donors (Lipinski definition) is 0. The monoisotopic (exact) mass is 304 g/mol. The number of anilines is 1. The first-order valence-corrected chi connectivity index (χ1v) is 8.73. The van der Waals surface area contributed by atoms with Crippen LogP contribution in [0.5, 0.6) is 0 Å². The first-order chi connectivity index (χ1) is 10.2. The molecule has 1 aliphatic rings. The second-order valence-corrected chi connectivity index (χ2v) is 6.64. The third kappa shape index (κ3) is 4.90. The highest BCUT2D eigenvalue weighted by molar-refractivity contribution is 7.99. The number of piperazine rings is 1. The van der Waals surface area contributed by atoms with E-state index in [0.717, 1.165) is 43.4 Å². The molecule has 1 aromatic heterocycles. The smallest absolute Gasteiger partial charge is 0.128 e. The van der Waals surface area contributed by atoms with Crippen molar-refractivity contribution in [3.8, 4) is 6.07 Å². The first kappa shape index (κ1) is 16.1. The maximum atomic E-state index is 8.52. The van der Waals surface area contributed by atoms with E-state index in [1.807, 2.05) is 13.0 Å². The quantitative estimate of drug-likeness (QED) is 0.756. The molecule has 4 nitrogen and oxygen atoms in total. The predicted octanol–water partition coefficient (Wildman–Crippen LogP) is 2.55. The number of pyridine rings is 1. The van der Waals surface area contributed by atoms with Crippen LogP contribution < -0.4 is 4.90 Å². The van der Waals surface area contributed by atoms with Gasteiger partial charge in [-0.05, 0) is 44.7 Å². The van der Waals surface area contributed by atoms with E-state index in [1.54, 1.807) is 11.8 Å². The van der Waals surface area contributed by atoms with E-state index >= 15 is 0 Å². The largest absolute Gasteiger partial charge is 0.354 e. The van der Waals surface area contributed by atoms with Crippen molar-refractivity contribution in [3.63, 3.8) is 0 Å². The lowest BCUT2D eigenvalue weighted by Gasteiger charge is -2.40. The van der Waals surface area contributed by atoms with Gasteiger partial charge < -0.3 is 4.90 Å². The van der Waals surface area contributed by atoms with E-state index in [0.29, 0.717) is 11.8 Å². The number of nitrogens with zero attached hydrogens (tertiary/aromatic N) is 4. The normalized spacial score (nSPS) is 19.5. The van der Waals surface area contributed by atoms with Crippen LogP contribution in [0.4, 0.5) is 5.82 Å². The van der Waals surface area contributed by atoms with Crippen molar-refractivity contribution < 1.29 is 0 Å². The molecule has 2 rings (SSSR count). The number of rotatable bonds is 6. The second-order valence-electron chi connectivity index (χ2n) is 5.53. The van der Waals surface area contributed by atoms with Crippen molar-refractivity contribution in [2.24, 2.45) is 0 Å². The zero-order valence-corrected chi connectivity index (χ0v) is 13.8. The van der Waals surface area contributed by atoms with Gasteiger partial charge in [0.1, 0.15) is 5.82 Å². The number of aryl methyl sites for hydroxylation is 1. The molecule has 0 amide bonds. The van der Waals surface area contributed by atoms with Crippen molar-refractivity contribution in [2.75, 3.05) is 42.6 Å². The third-order valence-corrected chi connectivity index (χ3v) is 4.77. The minimum Gasteiger partial charge on any atom is -0.354 e. The van der Waals surface area contributed by atoms with Gasteiger partial charge in [0.2, 0.25) is 0 Å². The minimum atomic E-state index is 0.557. The Kier molecular flexibility index (Phi) is 6.34. The SMILES string of the molecule is Cc1cccc(N2CCN(CCCSCC#N)[C@@H](C)C2)n1. The lowest BCUT2D eigenvalue weighted by Crippen LogP contribution is -2.52. The molecule has 0 saturated carbocycles. The average molecular weight is 304 g/mol. The van der Waals surface area contributed by atoms with Gasteiger partial charge in [-0.25, -0.2) is 4.98 Å². The van der Waals surface area contributed by atoms with Crippen molar-refractivity contribution >= 4 is 17.6 Å². The van der Waals surface area contributed by atoms with Crippen molar-refractivity contribution in [1.82, 2.24) is 9.88 Å². The number of thioether (sulfide) groups is 1. The van der Waals surface area contributed by atoms with Crippen LogP contribution in [-0.4, -0.2) is 53.6 Å². The van der Waals surface area contributed by atoms with E-state index in [4.69, 9.17) is 5.26 Å². The molecule has 21 heavy (non-hydrogen) atoms.